The lowest BCUT2D eigenvalue weighted by Crippen LogP contribution is -2.28. The first-order valence-electron chi connectivity index (χ1n) is 6.60. The first-order valence-corrected chi connectivity index (χ1v) is 8.79. The van der Waals surface area contributed by atoms with E-state index in [0.29, 0.717) is 10.6 Å². The minimum Gasteiger partial charge on any atom is -0.207 e. The topological polar surface area (TPSA) is 37.4 Å². The molecule has 0 N–H and O–H groups in total. The van der Waals surface area contributed by atoms with Gasteiger partial charge in [-0.25, -0.2) is 8.42 Å². The third-order valence-electron chi connectivity index (χ3n) is 3.27. The van der Waals surface area contributed by atoms with Crippen molar-refractivity contribution in [3.63, 3.8) is 0 Å². The molecule has 9 heteroatoms. The van der Waals surface area contributed by atoms with E-state index < -0.39 is 26.7 Å². The van der Waals surface area contributed by atoms with Crippen LogP contribution in [0, 0.1) is 0 Å². The maximum atomic E-state index is 13.1. The van der Waals surface area contributed by atoms with Gasteiger partial charge in [-0.15, -0.1) is 0 Å². The quantitative estimate of drug-likeness (QED) is 0.740. The molecular weight excluding hydrogens is 386 g/mol. The molecule has 0 aliphatic heterocycles. The minimum absolute atomic E-state index is 0.147. The van der Waals surface area contributed by atoms with Gasteiger partial charge >= 0.3 is 6.18 Å². The zero-order valence-corrected chi connectivity index (χ0v) is 14.6. The maximum Gasteiger partial charge on any atom is 0.417 e. The van der Waals surface area contributed by atoms with Crippen molar-refractivity contribution in [3.05, 3.63) is 63.6 Å². The first-order chi connectivity index (χ1) is 11.0. The number of alkyl halides is 3. The van der Waals surface area contributed by atoms with Gasteiger partial charge in [0.25, 0.3) is 0 Å². The van der Waals surface area contributed by atoms with Gasteiger partial charge in [-0.1, -0.05) is 41.4 Å². The molecule has 0 unspecified atom stereocenters. The van der Waals surface area contributed by atoms with Crippen molar-refractivity contribution in [1.82, 2.24) is 4.31 Å². The molecule has 0 saturated carbocycles. The van der Waals surface area contributed by atoms with Crippen LogP contribution in [0.15, 0.2) is 47.4 Å². The number of hydrogen-bond acceptors (Lipinski definition) is 2. The summed E-state index contributed by atoms with van der Waals surface area (Å²) >= 11 is 11.7. The average molecular weight is 398 g/mol. The average Bonchev–Trinajstić information content (AvgIpc) is 2.50. The Morgan fingerprint density at radius 2 is 1.67 bits per heavy atom. The fourth-order valence-corrected chi connectivity index (χ4v) is 3.76. The maximum absolute atomic E-state index is 13.1. The van der Waals surface area contributed by atoms with Crippen molar-refractivity contribution in [2.24, 2.45) is 0 Å². The Morgan fingerprint density at radius 3 is 2.25 bits per heavy atom. The van der Waals surface area contributed by atoms with Gasteiger partial charge in [-0.3, -0.25) is 0 Å². The third-order valence-corrected chi connectivity index (χ3v) is 5.87. The molecule has 3 nitrogen and oxygen atoms in total. The summed E-state index contributed by atoms with van der Waals surface area (Å²) in [4.78, 5) is -0.792. The van der Waals surface area contributed by atoms with E-state index >= 15 is 0 Å². The molecule has 0 bridgehead atoms. The van der Waals surface area contributed by atoms with Crippen molar-refractivity contribution in [3.8, 4) is 0 Å². The molecule has 0 spiro atoms. The van der Waals surface area contributed by atoms with Crippen LogP contribution in [-0.2, 0) is 22.7 Å². The molecule has 2 rings (SSSR count). The predicted octanol–water partition coefficient (Wildman–Crippen LogP) is 4.83. The highest BCUT2D eigenvalue weighted by Gasteiger charge is 2.38. The fraction of sp³-hybridized carbons (Fsp3) is 0.200. The Bertz CT molecular complexity index is 854. The lowest BCUT2D eigenvalue weighted by atomic mass is 10.2. The van der Waals surface area contributed by atoms with Crippen molar-refractivity contribution in [2.75, 3.05) is 7.05 Å². The molecule has 0 aliphatic carbocycles. The van der Waals surface area contributed by atoms with Crippen molar-refractivity contribution >= 4 is 33.2 Å². The summed E-state index contributed by atoms with van der Waals surface area (Å²) in [5.74, 6) is 0. The Morgan fingerprint density at radius 1 is 1.04 bits per heavy atom. The van der Waals surface area contributed by atoms with Crippen LogP contribution in [0.1, 0.15) is 11.1 Å². The standard InChI is InChI=1S/C15H12Cl2F3NO2S/c1-21(9-10-6-7-12(16)13(17)8-10)24(22,23)14-5-3-2-4-11(14)15(18,19)20/h2-8H,9H2,1H3. The summed E-state index contributed by atoms with van der Waals surface area (Å²) in [6, 6.07) is 8.56. The second-order valence-electron chi connectivity index (χ2n) is 5.00. The molecule has 0 radical (unpaired) electrons. The van der Waals surface area contributed by atoms with E-state index in [1.54, 1.807) is 6.07 Å². The zero-order valence-electron chi connectivity index (χ0n) is 12.3. The Kier molecular flexibility index (Phi) is 5.49. The Labute approximate surface area is 147 Å². The van der Waals surface area contributed by atoms with Crippen molar-refractivity contribution in [1.29, 1.82) is 0 Å². The van der Waals surface area contributed by atoms with Crippen LogP contribution in [0.5, 0.6) is 0 Å². The summed E-state index contributed by atoms with van der Waals surface area (Å²) in [5.41, 5.74) is -0.703. The number of benzene rings is 2. The molecule has 0 heterocycles. The van der Waals surface area contributed by atoms with Gasteiger partial charge in [-0.05, 0) is 29.8 Å². The molecule has 24 heavy (non-hydrogen) atoms. The summed E-state index contributed by atoms with van der Waals surface area (Å²) in [6.45, 7) is -0.147. The molecule has 2 aromatic carbocycles. The van der Waals surface area contributed by atoms with E-state index in [9.17, 15) is 21.6 Å². The van der Waals surface area contributed by atoms with Crippen molar-refractivity contribution < 1.29 is 21.6 Å². The normalized spacial score (nSPS) is 12.6. The first kappa shape index (κ1) is 19.1. The zero-order chi connectivity index (χ0) is 18.1. The Balaban J connectivity index is 2.38. The molecule has 2 aromatic rings. The summed E-state index contributed by atoms with van der Waals surface area (Å²) in [5, 5.41) is 0.531. The monoisotopic (exact) mass is 397 g/mol. The van der Waals surface area contributed by atoms with E-state index in [4.69, 9.17) is 23.2 Å². The highest BCUT2D eigenvalue weighted by molar-refractivity contribution is 7.89. The molecule has 0 atom stereocenters. The Hall–Kier alpha value is -1.28. The van der Waals surface area contributed by atoms with Gasteiger partial charge < -0.3 is 0 Å². The lowest BCUT2D eigenvalue weighted by Gasteiger charge is -2.20. The number of hydrogen-bond donors (Lipinski definition) is 0. The fourth-order valence-electron chi connectivity index (χ4n) is 2.07. The largest absolute Gasteiger partial charge is 0.417 e. The van der Waals surface area contributed by atoms with Crippen LogP contribution < -0.4 is 0 Å². The van der Waals surface area contributed by atoms with E-state index in [-0.39, 0.29) is 11.6 Å². The summed E-state index contributed by atoms with van der Waals surface area (Å²) in [6.07, 6.45) is -4.77. The van der Waals surface area contributed by atoms with Crippen LogP contribution >= 0.6 is 23.2 Å². The molecule has 0 aliphatic rings. The highest BCUT2D eigenvalue weighted by Crippen LogP contribution is 2.35. The van der Waals surface area contributed by atoms with Crippen LogP contribution in [-0.4, -0.2) is 19.8 Å². The van der Waals surface area contributed by atoms with E-state index in [0.717, 1.165) is 22.5 Å². The van der Waals surface area contributed by atoms with Gasteiger partial charge in [0.1, 0.15) is 0 Å². The number of sulfonamides is 1. The molecule has 0 fully saturated rings. The van der Waals surface area contributed by atoms with Crippen LogP contribution in [0.2, 0.25) is 10.0 Å². The molecule has 130 valence electrons. The molecule has 0 saturated heterocycles. The van der Waals surface area contributed by atoms with E-state index in [1.807, 2.05) is 0 Å². The number of rotatable bonds is 4. The third kappa shape index (κ3) is 4.03. The van der Waals surface area contributed by atoms with Gasteiger partial charge in [0.2, 0.25) is 10.0 Å². The second kappa shape index (κ2) is 6.92. The number of nitrogens with zero attached hydrogens (tertiary/aromatic N) is 1. The van der Waals surface area contributed by atoms with Gasteiger partial charge in [-0.2, -0.15) is 17.5 Å². The lowest BCUT2D eigenvalue weighted by molar-refractivity contribution is -0.139. The van der Waals surface area contributed by atoms with Crippen LogP contribution in [0.4, 0.5) is 13.2 Å². The second-order valence-corrected chi connectivity index (χ2v) is 7.83. The predicted molar refractivity (Wildman–Crippen MR) is 86.6 cm³/mol. The van der Waals surface area contributed by atoms with Gasteiger partial charge in [0.05, 0.1) is 20.5 Å². The van der Waals surface area contributed by atoms with Crippen LogP contribution in [0.25, 0.3) is 0 Å². The van der Waals surface area contributed by atoms with Gasteiger partial charge in [0.15, 0.2) is 0 Å². The van der Waals surface area contributed by atoms with Gasteiger partial charge in [0, 0.05) is 13.6 Å². The molecule has 0 aromatic heterocycles. The smallest absolute Gasteiger partial charge is 0.207 e. The number of halogens is 5. The summed E-state index contributed by atoms with van der Waals surface area (Å²) < 4.78 is 65.0. The van der Waals surface area contributed by atoms with Crippen molar-refractivity contribution in [2.45, 2.75) is 17.6 Å². The minimum atomic E-state index is -4.77. The van der Waals surface area contributed by atoms with E-state index in [2.05, 4.69) is 0 Å². The molecular formula is C15H12Cl2F3NO2S. The highest BCUT2D eigenvalue weighted by atomic mass is 35.5. The van der Waals surface area contributed by atoms with Crippen LogP contribution in [0.3, 0.4) is 0 Å². The SMILES string of the molecule is CN(Cc1ccc(Cl)c(Cl)c1)S(=O)(=O)c1ccccc1C(F)(F)F. The summed E-state index contributed by atoms with van der Waals surface area (Å²) in [7, 11) is -3.14. The molecule has 0 amide bonds. The van der Waals surface area contributed by atoms with E-state index in [1.165, 1.54) is 25.2 Å².